The first-order valence-electron chi connectivity index (χ1n) is 8.94. The van der Waals surface area contributed by atoms with Crippen molar-refractivity contribution in [2.75, 3.05) is 18.7 Å². The quantitative estimate of drug-likeness (QED) is 0.500. The zero-order valence-electron chi connectivity index (χ0n) is 15.6. The number of amides is 1. The van der Waals surface area contributed by atoms with Crippen LogP contribution in [-0.4, -0.2) is 30.2 Å². The maximum absolute atomic E-state index is 12.5. The Morgan fingerprint density at radius 1 is 0.966 bits per heavy atom. The molecule has 0 N–H and O–H groups in total. The van der Waals surface area contributed by atoms with Crippen LogP contribution >= 0.6 is 0 Å². The van der Waals surface area contributed by atoms with Crippen LogP contribution in [0, 0.1) is 10.1 Å². The summed E-state index contributed by atoms with van der Waals surface area (Å²) >= 11 is 0. The molecule has 144 valence electrons. The maximum atomic E-state index is 12.5. The van der Waals surface area contributed by atoms with Crippen LogP contribution in [0.3, 0.4) is 0 Å². The van der Waals surface area contributed by atoms with Crippen molar-refractivity contribution >= 4 is 23.0 Å². The lowest BCUT2D eigenvalue weighted by Crippen LogP contribution is -2.31. The molecule has 7 heteroatoms. The van der Waals surface area contributed by atoms with Gasteiger partial charge in [0, 0.05) is 23.3 Å². The second-order valence-corrected chi connectivity index (χ2v) is 6.44. The Labute approximate surface area is 167 Å². The number of anilines is 1. The molecule has 0 spiro atoms. The van der Waals surface area contributed by atoms with Crippen molar-refractivity contribution in [3.63, 3.8) is 0 Å². The van der Waals surface area contributed by atoms with Crippen molar-refractivity contribution in [2.45, 2.75) is 0 Å². The van der Waals surface area contributed by atoms with Crippen molar-refractivity contribution in [1.82, 2.24) is 0 Å². The fraction of sp³-hybridized carbons (Fsp3) is 0.0909. The van der Waals surface area contributed by atoms with E-state index in [2.05, 4.69) is 4.99 Å². The first kappa shape index (κ1) is 18.5. The van der Waals surface area contributed by atoms with E-state index in [0.29, 0.717) is 22.5 Å². The normalized spacial score (nSPS) is 13.5. The molecule has 0 unspecified atom stereocenters. The third-order valence-corrected chi connectivity index (χ3v) is 4.69. The molecule has 1 aliphatic rings. The molecule has 0 atom stereocenters. The molecule has 0 radical (unpaired) electrons. The van der Waals surface area contributed by atoms with Crippen LogP contribution in [0.25, 0.3) is 11.1 Å². The van der Waals surface area contributed by atoms with E-state index in [-0.39, 0.29) is 18.1 Å². The minimum atomic E-state index is -0.450. The number of benzodiazepines with no additional fused rings is 1. The van der Waals surface area contributed by atoms with Gasteiger partial charge in [-0.15, -0.1) is 0 Å². The van der Waals surface area contributed by atoms with Crippen LogP contribution in [-0.2, 0) is 9.63 Å². The van der Waals surface area contributed by atoms with Gasteiger partial charge in [-0.2, -0.15) is 5.06 Å². The van der Waals surface area contributed by atoms with Crippen LogP contribution in [0.1, 0.15) is 11.1 Å². The Hall–Kier alpha value is -3.84. The zero-order chi connectivity index (χ0) is 20.4. The number of benzene rings is 3. The molecule has 0 bridgehead atoms. The standard InChI is InChI=1S/C22H17N3O4/c1-29-24-20-11-10-16(15-6-3-2-4-7-15)13-19(20)22(23-14-21(24)26)17-8-5-9-18(12-17)25(27)28/h2-13H,14H2,1H3. The number of fused-ring (bicyclic) bond motifs is 1. The predicted octanol–water partition coefficient (Wildman–Crippen LogP) is 4.01. The molecular weight excluding hydrogens is 370 g/mol. The number of aliphatic imine (C=N–C) groups is 1. The summed E-state index contributed by atoms with van der Waals surface area (Å²) in [4.78, 5) is 33.0. The fourth-order valence-corrected chi connectivity index (χ4v) is 3.36. The van der Waals surface area contributed by atoms with Gasteiger partial charge < -0.3 is 0 Å². The zero-order valence-corrected chi connectivity index (χ0v) is 15.6. The molecule has 1 heterocycles. The summed E-state index contributed by atoms with van der Waals surface area (Å²) in [6.45, 7) is -0.124. The van der Waals surface area contributed by atoms with Crippen molar-refractivity contribution in [3.8, 4) is 11.1 Å². The number of hydroxylamine groups is 1. The van der Waals surface area contributed by atoms with Gasteiger partial charge >= 0.3 is 0 Å². The summed E-state index contributed by atoms with van der Waals surface area (Å²) in [5.74, 6) is -0.318. The highest BCUT2D eigenvalue weighted by molar-refractivity contribution is 6.19. The van der Waals surface area contributed by atoms with Crippen molar-refractivity contribution < 1.29 is 14.6 Å². The molecule has 3 aromatic rings. The molecule has 7 nitrogen and oxygen atoms in total. The van der Waals surface area contributed by atoms with Gasteiger partial charge in [-0.05, 0) is 23.3 Å². The molecule has 29 heavy (non-hydrogen) atoms. The Morgan fingerprint density at radius 2 is 1.72 bits per heavy atom. The summed E-state index contributed by atoms with van der Waals surface area (Å²) < 4.78 is 0. The molecule has 0 aromatic heterocycles. The lowest BCUT2D eigenvalue weighted by molar-refractivity contribution is -0.384. The van der Waals surface area contributed by atoms with E-state index in [4.69, 9.17) is 4.84 Å². The highest BCUT2D eigenvalue weighted by Crippen LogP contribution is 2.32. The van der Waals surface area contributed by atoms with E-state index in [1.54, 1.807) is 18.2 Å². The van der Waals surface area contributed by atoms with Crippen LogP contribution in [0.2, 0.25) is 0 Å². The summed E-state index contributed by atoms with van der Waals surface area (Å²) in [5, 5.41) is 12.4. The summed E-state index contributed by atoms with van der Waals surface area (Å²) in [6, 6.07) is 21.7. The van der Waals surface area contributed by atoms with Crippen molar-refractivity contribution in [2.24, 2.45) is 4.99 Å². The molecule has 1 aliphatic heterocycles. The van der Waals surface area contributed by atoms with E-state index in [0.717, 1.165) is 11.1 Å². The summed E-state index contributed by atoms with van der Waals surface area (Å²) in [6.07, 6.45) is 0. The number of carbonyl (C=O) groups excluding carboxylic acids is 1. The van der Waals surface area contributed by atoms with Gasteiger partial charge in [0.2, 0.25) is 0 Å². The number of non-ortho nitro benzene ring substituents is 1. The van der Waals surface area contributed by atoms with Crippen LogP contribution < -0.4 is 5.06 Å². The van der Waals surface area contributed by atoms with E-state index in [1.807, 2.05) is 42.5 Å². The summed E-state index contributed by atoms with van der Waals surface area (Å²) in [7, 11) is 1.42. The molecule has 0 fully saturated rings. The van der Waals surface area contributed by atoms with E-state index in [1.165, 1.54) is 24.3 Å². The molecule has 0 aliphatic carbocycles. The monoisotopic (exact) mass is 387 g/mol. The Balaban J connectivity index is 1.92. The third kappa shape index (κ3) is 3.51. The lowest BCUT2D eigenvalue weighted by atomic mass is 9.95. The minimum Gasteiger partial charge on any atom is -0.274 e. The van der Waals surface area contributed by atoms with Crippen molar-refractivity contribution in [1.29, 1.82) is 0 Å². The van der Waals surface area contributed by atoms with E-state index >= 15 is 0 Å². The molecular formula is C22H17N3O4. The maximum Gasteiger partial charge on any atom is 0.272 e. The number of hydrogen-bond donors (Lipinski definition) is 0. The average molecular weight is 387 g/mol. The topological polar surface area (TPSA) is 85.0 Å². The fourth-order valence-electron chi connectivity index (χ4n) is 3.36. The number of carbonyl (C=O) groups is 1. The van der Waals surface area contributed by atoms with Gasteiger partial charge in [-0.3, -0.25) is 24.7 Å². The highest BCUT2D eigenvalue weighted by Gasteiger charge is 2.26. The molecule has 0 saturated carbocycles. The van der Waals surface area contributed by atoms with Crippen LogP contribution in [0.5, 0.6) is 0 Å². The molecule has 3 aromatic carbocycles. The van der Waals surface area contributed by atoms with E-state index in [9.17, 15) is 14.9 Å². The average Bonchev–Trinajstić information content (AvgIpc) is 2.89. The number of nitro groups is 1. The highest BCUT2D eigenvalue weighted by atomic mass is 16.7. The smallest absolute Gasteiger partial charge is 0.272 e. The third-order valence-electron chi connectivity index (χ3n) is 4.69. The Morgan fingerprint density at radius 3 is 2.45 bits per heavy atom. The van der Waals surface area contributed by atoms with Gasteiger partial charge in [-0.1, -0.05) is 48.5 Å². The van der Waals surface area contributed by atoms with Crippen LogP contribution in [0.4, 0.5) is 11.4 Å². The summed E-state index contributed by atoms with van der Waals surface area (Å²) in [5.41, 5.74) is 4.19. The second-order valence-electron chi connectivity index (χ2n) is 6.44. The lowest BCUT2D eigenvalue weighted by Gasteiger charge is -2.20. The SMILES string of the molecule is CON1C(=O)CN=C(c2cccc([N+](=O)[O-])c2)c2cc(-c3ccccc3)ccc21. The number of rotatable bonds is 4. The molecule has 1 amide bonds. The minimum absolute atomic E-state index is 0.0369. The Kier molecular flexibility index (Phi) is 4.88. The second kappa shape index (κ2) is 7.65. The molecule has 4 rings (SSSR count). The first-order valence-corrected chi connectivity index (χ1v) is 8.94. The number of hydrogen-bond acceptors (Lipinski definition) is 5. The van der Waals surface area contributed by atoms with Gasteiger partial charge in [0.15, 0.2) is 0 Å². The van der Waals surface area contributed by atoms with Gasteiger partial charge in [-0.25, -0.2) is 0 Å². The van der Waals surface area contributed by atoms with Gasteiger partial charge in [0.1, 0.15) is 6.54 Å². The first-order chi connectivity index (χ1) is 14.1. The van der Waals surface area contributed by atoms with Crippen LogP contribution in [0.15, 0.2) is 77.8 Å². The Bertz CT molecular complexity index is 1130. The predicted molar refractivity (Wildman–Crippen MR) is 110 cm³/mol. The van der Waals surface area contributed by atoms with E-state index < -0.39 is 4.92 Å². The van der Waals surface area contributed by atoms with Crippen molar-refractivity contribution in [3.05, 3.63) is 94.0 Å². The largest absolute Gasteiger partial charge is 0.274 e. The molecule has 0 saturated heterocycles. The van der Waals surface area contributed by atoms with Gasteiger partial charge in [0.05, 0.1) is 23.4 Å². The number of nitro benzene ring substituents is 1. The van der Waals surface area contributed by atoms with Gasteiger partial charge in [0.25, 0.3) is 11.6 Å². The number of nitrogens with zero attached hydrogens (tertiary/aromatic N) is 3.